The van der Waals surface area contributed by atoms with Crippen LogP contribution in [0.1, 0.15) is 24.4 Å². The molecule has 130 valence electrons. The van der Waals surface area contributed by atoms with Crippen LogP contribution in [-0.4, -0.2) is 15.3 Å². The number of amides is 1. The van der Waals surface area contributed by atoms with Crippen LogP contribution >= 0.6 is 11.6 Å². The normalized spacial score (nSPS) is 12.8. The van der Waals surface area contributed by atoms with Gasteiger partial charge in [-0.25, -0.2) is 4.98 Å². The Morgan fingerprint density at radius 3 is 2.92 bits per heavy atom. The number of benzene rings is 1. The van der Waals surface area contributed by atoms with E-state index in [-0.39, 0.29) is 11.9 Å². The van der Waals surface area contributed by atoms with Crippen LogP contribution in [0.15, 0.2) is 65.2 Å². The van der Waals surface area contributed by atoms with Crippen LogP contribution in [0.2, 0.25) is 5.15 Å². The number of carbonyl (C=O) groups is 1. The Kier molecular flexibility index (Phi) is 4.22. The predicted molar refractivity (Wildman–Crippen MR) is 102 cm³/mol. The van der Waals surface area contributed by atoms with Gasteiger partial charge in [-0.2, -0.15) is 0 Å². The maximum Gasteiger partial charge on any atom is 0.244 e. The summed E-state index contributed by atoms with van der Waals surface area (Å²) < 4.78 is 7.61. The smallest absolute Gasteiger partial charge is 0.244 e. The third-order valence-corrected chi connectivity index (χ3v) is 4.42. The van der Waals surface area contributed by atoms with Crippen LogP contribution in [0.5, 0.6) is 0 Å². The first-order valence-electron chi connectivity index (χ1n) is 8.21. The molecule has 0 saturated heterocycles. The highest BCUT2D eigenvalue weighted by atomic mass is 35.5. The van der Waals surface area contributed by atoms with Crippen molar-refractivity contribution in [2.24, 2.45) is 0 Å². The highest BCUT2D eigenvalue weighted by Crippen LogP contribution is 2.23. The lowest BCUT2D eigenvalue weighted by Gasteiger charge is -2.09. The van der Waals surface area contributed by atoms with Crippen LogP contribution < -0.4 is 5.32 Å². The number of pyridine rings is 1. The van der Waals surface area contributed by atoms with Gasteiger partial charge in [0.1, 0.15) is 17.0 Å². The van der Waals surface area contributed by atoms with Crippen molar-refractivity contribution in [3.8, 4) is 0 Å². The second-order valence-corrected chi connectivity index (χ2v) is 6.32. The molecule has 0 saturated carbocycles. The molecule has 1 amide bonds. The Labute approximate surface area is 154 Å². The van der Waals surface area contributed by atoms with E-state index in [0.717, 1.165) is 16.6 Å². The quantitative estimate of drug-likeness (QED) is 0.536. The van der Waals surface area contributed by atoms with Gasteiger partial charge in [-0.05, 0) is 37.3 Å². The molecular weight excluding hydrogens is 350 g/mol. The van der Waals surface area contributed by atoms with Crippen LogP contribution in [0.25, 0.3) is 22.7 Å². The summed E-state index contributed by atoms with van der Waals surface area (Å²) in [5.41, 5.74) is 2.19. The molecule has 0 radical (unpaired) electrons. The summed E-state index contributed by atoms with van der Waals surface area (Å²) in [6.45, 7) is 1.88. The number of aromatic nitrogens is 2. The number of furan rings is 1. The molecule has 1 unspecified atom stereocenters. The van der Waals surface area contributed by atoms with Crippen LogP contribution in [0.4, 0.5) is 0 Å². The fourth-order valence-corrected chi connectivity index (χ4v) is 3.08. The van der Waals surface area contributed by atoms with Gasteiger partial charge in [-0.15, -0.1) is 0 Å². The largest absolute Gasteiger partial charge is 0.459 e. The molecule has 0 bridgehead atoms. The summed E-state index contributed by atoms with van der Waals surface area (Å²) in [7, 11) is 0. The van der Waals surface area contributed by atoms with E-state index >= 15 is 0 Å². The minimum atomic E-state index is -0.253. The second kappa shape index (κ2) is 6.69. The molecule has 0 aliphatic rings. The lowest BCUT2D eigenvalue weighted by Crippen LogP contribution is -2.24. The Hall–Kier alpha value is -3.05. The zero-order valence-electron chi connectivity index (χ0n) is 14.0. The molecule has 4 aromatic rings. The Balaban J connectivity index is 1.50. The van der Waals surface area contributed by atoms with Crippen molar-refractivity contribution >= 4 is 40.2 Å². The lowest BCUT2D eigenvalue weighted by atomic mass is 10.2. The number of hydrogen-bond donors (Lipinski definition) is 1. The van der Waals surface area contributed by atoms with Crippen LogP contribution in [0.3, 0.4) is 0 Å². The molecular formula is C20H16ClN3O2. The second-order valence-electron chi connectivity index (χ2n) is 5.97. The number of carbonyl (C=O) groups excluding carboxylic acids is 1. The number of fused-ring (bicyclic) bond motifs is 2. The number of nitrogens with one attached hydrogen (secondary N) is 1. The molecule has 6 heteroatoms. The van der Waals surface area contributed by atoms with Crippen molar-refractivity contribution in [3.05, 3.63) is 77.4 Å². The van der Waals surface area contributed by atoms with E-state index < -0.39 is 0 Å². The molecule has 3 heterocycles. The standard InChI is InChI=1S/C20H16ClN3O2/c1-13(17-12-14-6-2-3-7-16(14)26-17)22-19(25)10-9-15-20(21)23-18-8-4-5-11-24(15)18/h2-13H,1H3,(H,22,25)/b10-9+. The fourth-order valence-electron chi connectivity index (χ4n) is 2.84. The van der Waals surface area contributed by atoms with Gasteiger partial charge in [-0.1, -0.05) is 35.9 Å². The fraction of sp³-hybridized carbons (Fsp3) is 0.100. The number of para-hydroxylation sites is 1. The van der Waals surface area contributed by atoms with Gasteiger partial charge in [-0.3, -0.25) is 9.20 Å². The van der Waals surface area contributed by atoms with Crippen molar-refractivity contribution < 1.29 is 9.21 Å². The Morgan fingerprint density at radius 2 is 2.08 bits per heavy atom. The summed E-state index contributed by atoms with van der Waals surface area (Å²) >= 11 is 6.17. The van der Waals surface area contributed by atoms with Gasteiger partial charge in [0.05, 0.1) is 11.7 Å². The van der Waals surface area contributed by atoms with Crippen molar-refractivity contribution in [1.82, 2.24) is 14.7 Å². The minimum absolute atomic E-state index is 0.236. The zero-order valence-corrected chi connectivity index (χ0v) is 14.8. The van der Waals surface area contributed by atoms with E-state index in [0.29, 0.717) is 16.6 Å². The molecule has 0 aliphatic carbocycles. The first-order valence-corrected chi connectivity index (χ1v) is 8.59. The molecule has 5 nitrogen and oxygen atoms in total. The van der Waals surface area contributed by atoms with Crippen molar-refractivity contribution in [3.63, 3.8) is 0 Å². The van der Waals surface area contributed by atoms with Crippen LogP contribution in [-0.2, 0) is 4.79 Å². The van der Waals surface area contributed by atoms with E-state index in [4.69, 9.17) is 16.0 Å². The molecule has 0 spiro atoms. The monoisotopic (exact) mass is 365 g/mol. The van der Waals surface area contributed by atoms with Crippen molar-refractivity contribution in [2.75, 3.05) is 0 Å². The molecule has 3 aromatic heterocycles. The number of nitrogens with zero attached hydrogens (tertiary/aromatic N) is 2. The number of hydrogen-bond acceptors (Lipinski definition) is 3. The molecule has 1 aromatic carbocycles. The Bertz CT molecular complexity index is 1090. The van der Waals surface area contributed by atoms with Gasteiger partial charge in [0.15, 0.2) is 5.15 Å². The van der Waals surface area contributed by atoms with Gasteiger partial charge >= 0.3 is 0 Å². The Morgan fingerprint density at radius 1 is 1.27 bits per heavy atom. The molecule has 0 fully saturated rings. The average molecular weight is 366 g/mol. The van der Waals surface area contributed by atoms with E-state index in [1.54, 1.807) is 6.08 Å². The molecule has 26 heavy (non-hydrogen) atoms. The topological polar surface area (TPSA) is 59.5 Å². The van der Waals surface area contributed by atoms with Gasteiger partial charge < -0.3 is 9.73 Å². The van der Waals surface area contributed by atoms with E-state index in [9.17, 15) is 4.79 Å². The maximum atomic E-state index is 12.3. The van der Waals surface area contributed by atoms with Crippen molar-refractivity contribution in [2.45, 2.75) is 13.0 Å². The van der Waals surface area contributed by atoms with E-state index in [2.05, 4.69) is 10.3 Å². The number of halogens is 1. The number of imidazole rings is 1. The summed E-state index contributed by atoms with van der Waals surface area (Å²) in [6, 6.07) is 15.0. The van der Waals surface area contributed by atoms with Crippen LogP contribution in [0, 0.1) is 0 Å². The molecule has 1 N–H and O–H groups in total. The van der Waals surface area contributed by atoms with Crippen molar-refractivity contribution in [1.29, 1.82) is 0 Å². The first-order chi connectivity index (χ1) is 12.6. The third kappa shape index (κ3) is 3.09. The lowest BCUT2D eigenvalue weighted by molar-refractivity contribution is -0.117. The number of rotatable bonds is 4. The van der Waals surface area contributed by atoms with Gasteiger partial charge in [0.2, 0.25) is 5.91 Å². The molecule has 0 aliphatic heterocycles. The minimum Gasteiger partial charge on any atom is -0.459 e. The SMILES string of the molecule is CC(NC(=O)/C=C/c1c(Cl)nc2ccccn12)c1cc2ccccc2o1. The average Bonchev–Trinajstić information content (AvgIpc) is 3.20. The first kappa shape index (κ1) is 16.4. The summed E-state index contributed by atoms with van der Waals surface area (Å²) in [5.74, 6) is 0.473. The predicted octanol–water partition coefficient (Wildman–Crippen LogP) is 4.62. The van der Waals surface area contributed by atoms with E-state index in [1.165, 1.54) is 6.08 Å². The van der Waals surface area contributed by atoms with Gasteiger partial charge in [0, 0.05) is 17.7 Å². The molecule has 1 atom stereocenters. The maximum absolute atomic E-state index is 12.3. The van der Waals surface area contributed by atoms with Gasteiger partial charge in [0.25, 0.3) is 0 Å². The van der Waals surface area contributed by atoms with E-state index in [1.807, 2.05) is 66.1 Å². The molecule has 4 rings (SSSR count). The third-order valence-electron chi connectivity index (χ3n) is 4.14. The summed E-state index contributed by atoms with van der Waals surface area (Å²) in [6.07, 6.45) is 4.95. The summed E-state index contributed by atoms with van der Waals surface area (Å²) in [4.78, 5) is 16.5. The highest BCUT2D eigenvalue weighted by molar-refractivity contribution is 6.31. The zero-order chi connectivity index (χ0) is 18.1. The summed E-state index contributed by atoms with van der Waals surface area (Å²) in [5, 5.41) is 4.26. The highest BCUT2D eigenvalue weighted by Gasteiger charge is 2.13.